The van der Waals surface area contributed by atoms with Crippen molar-refractivity contribution in [3.63, 3.8) is 0 Å². The number of aromatic nitrogens is 2. The van der Waals surface area contributed by atoms with Crippen LogP contribution >= 0.6 is 0 Å². The van der Waals surface area contributed by atoms with Crippen LogP contribution in [0.25, 0.3) is 0 Å². The van der Waals surface area contributed by atoms with Gasteiger partial charge in [0.25, 0.3) is 0 Å². The second kappa shape index (κ2) is 4.07. The first-order valence-corrected chi connectivity index (χ1v) is 4.97. The molecule has 2 aromatic rings. The Hall–Kier alpha value is -2.28. The molecule has 1 aromatic carbocycles. The fourth-order valence-corrected chi connectivity index (χ4v) is 1.61. The molecular weight excluding hydrogens is 200 g/mol. The second-order valence-electron chi connectivity index (χ2n) is 3.62. The van der Waals surface area contributed by atoms with Crippen LogP contribution in [-0.4, -0.2) is 9.55 Å². The minimum Gasteiger partial charge on any atom is -0.399 e. The van der Waals surface area contributed by atoms with Gasteiger partial charge in [0.1, 0.15) is 6.07 Å². The number of hydrogen-bond acceptors (Lipinski definition) is 3. The van der Waals surface area contributed by atoms with E-state index in [1.54, 1.807) is 12.4 Å². The lowest BCUT2D eigenvalue weighted by Gasteiger charge is -2.09. The van der Waals surface area contributed by atoms with Crippen molar-refractivity contribution >= 4 is 5.69 Å². The van der Waals surface area contributed by atoms with E-state index >= 15 is 0 Å². The molecule has 2 rings (SSSR count). The van der Waals surface area contributed by atoms with Gasteiger partial charge in [0, 0.05) is 18.1 Å². The topological polar surface area (TPSA) is 67.6 Å². The highest BCUT2D eigenvalue weighted by atomic mass is 15.1. The first-order chi connectivity index (χ1) is 7.72. The van der Waals surface area contributed by atoms with E-state index in [2.05, 4.69) is 11.1 Å². The van der Waals surface area contributed by atoms with Gasteiger partial charge in [-0.3, -0.25) is 0 Å². The van der Waals surface area contributed by atoms with Crippen molar-refractivity contribution in [1.82, 2.24) is 9.55 Å². The minimum atomic E-state index is 0.418. The van der Waals surface area contributed by atoms with Crippen molar-refractivity contribution in [1.29, 1.82) is 5.26 Å². The predicted molar refractivity (Wildman–Crippen MR) is 61.6 cm³/mol. The largest absolute Gasteiger partial charge is 0.399 e. The summed E-state index contributed by atoms with van der Waals surface area (Å²) in [5, 5.41) is 8.85. The van der Waals surface area contributed by atoms with Crippen LogP contribution in [0.5, 0.6) is 0 Å². The van der Waals surface area contributed by atoms with Crippen molar-refractivity contribution in [2.75, 3.05) is 5.73 Å². The number of nitrogens with zero attached hydrogens (tertiary/aromatic N) is 3. The van der Waals surface area contributed by atoms with Crippen LogP contribution in [0, 0.1) is 18.3 Å². The van der Waals surface area contributed by atoms with Gasteiger partial charge in [-0.05, 0) is 24.1 Å². The highest BCUT2D eigenvalue weighted by Gasteiger charge is 2.05. The molecule has 0 bridgehead atoms. The van der Waals surface area contributed by atoms with Gasteiger partial charge in [0.2, 0.25) is 5.82 Å². The van der Waals surface area contributed by atoms with E-state index in [1.165, 1.54) is 0 Å². The summed E-state index contributed by atoms with van der Waals surface area (Å²) in [6, 6.07) is 7.85. The van der Waals surface area contributed by atoms with E-state index in [0.29, 0.717) is 12.4 Å². The van der Waals surface area contributed by atoms with Gasteiger partial charge >= 0.3 is 0 Å². The SMILES string of the molecule is Cc1c(N)cccc1Cn1ccnc1C#N. The van der Waals surface area contributed by atoms with Gasteiger partial charge < -0.3 is 10.3 Å². The normalized spacial score (nSPS) is 10.0. The molecule has 4 heteroatoms. The number of benzene rings is 1. The van der Waals surface area contributed by atoms with E-state index in [4.69, 9.17) is 11.0 Å². The Balaban J connectivity index is 2.35. The Kier molecular flexibility index (Phi) is 2.61. The third kappa shape index (κ3) is 1.75. The summed E-state index contributed by atoms with van der Waals surface area (Å²) in [5.74, 6) is 0.418. The maximum Gasteiger partial charge on any atom is 0.213 e. The summed E-state index contributed by atoms with van der Waals surface area (Å²) in [7, 11) is 0. The highest BCUT2D eigenvalue weighted by Crippen LogP contribution is 2.16. The smallest absolute Gasteiger partial charge is 0.213 e. The zero-order chi connectivity index (χ0) is 11.5. The molecule has 0 aliphatic carbocycles. The number of nitrogen functional groups attached to an aromatic ring is 1. The first kappa shape index (κ1) is 10.2. The van der Waals surface area contributed by atoms with Crippen LogP contribution in [0.3, 0.4) is 0 Å². The van der Waals surface area contributed by atoms with Crippen LogP contribution < -0.4 is 5.73 Å². The van der Waals surface area contributed by atoms with Crippen LogP contribution in [-0.2, 0) is 6.54 Å². The summed E-state index contributed by atoms with van der Waals surface area (Å²) < 4.78 is 1.81. The Bertz CT molecular complexity index is 548. The molecule has 4 nitrogen and oxygen atoms in total. The molecule has 0 aliphatic heterocycles. The maximum atomic E-state index is 8.85. The molecule has 80 valence electrons. The first-order valence-electron chi connectivity index (χ1n) is 4.97. The molecule has 0 aliphatic rings. The molecule has 0 saturated heterocycles. The molecule has 1 heterocycles. The lowest BCUT2D eigenvalue weighted by atomic mass is 10.1. The number of imidazole rings is 1. The average molecular weight is 212 g/mol. The van der Waals surface area contributed by atoms with Crippen molar-refractivity contribution in [2.24, 2.45) is 0 Å². The van der Waals surface area contributed by atoms with E-state index in [1.807, 2.05) is 29.7 Å². The summed E-state index contributed by atoms with van der Waals surface area (Å²) in [4.78, 5) is 3.95. The molecule has 2 N–H and O–H groups in total. The van der Waals surface area contributed by atoms with E-state index < -0.39 is 0 Å². The second-order valence-corrected chi connectivity index (χ2v) is 3.62. The van der Waals surface area contributed by atoms with Crippen molar-refractivity contribution in [3.05, 3.63) is 47.5 Å². The molecular formula is C12H12N4. The minimum absolute atomic E-state index is 0.418. The molecule has 0 unspecified atom stereocenters. The van der Waals surface area contributed by atoms with Gasteiger partial charge in [0.15, 0.2) is 0 Å². The molecule has 0 saturated carbocycles. The lowest BCUT2D eigenvalue weighted by molar-refractivity contribution is 0.778. The van der Waals surface area contributed by atoms with Crippen LogP contribution in [0.4, 0.5) is 5.69 Å². The van der Waals surface area contributed by atoms with Crippen LogP contribution in [0.2, 0.25) is 0 Å². The standard InChI is InChI=1S/C12H12N4/c1-9-10(3-2-4-11(9)14)8-16-6-5-15-12(16)7-13/h2-6H,8,14H2,1H3. The van der Waals surface area contributed by atoms with Gasteiger partial charge in [-0.1, -0.05) is 12.1 Å². The summed E-state index contributed by atoms with van der Waals surface area (Å²) in [5.41, 5.74) is 8.77. The zero-order valence-electron chi connectivity index (χ0n) is 9.01. The third-order valence-corrected chi connectivity index (χ3v) is 2.64. The quantitative estimate of drug-likeness (QED) is 0.770. The zero-order valence-corrected chi connectivity index (χ0v) is 9.01. The van der Waals surface area contributed by atoms with Gasteiger partial charge in [-0.25, -0.2) is 4.98 Å². The summed E-state index contributed by atoms with van der Waals surface area (Å²) in [6.45, 7) is 2.60. The Morgan fingerprint density at radius 2 is 2.31 bits per heavy atom. The summed E-state index contributed by atoms with van der Waals surface area (Å²) >= 11 is 0. The van der Waals surface area contributed by atoms with Crippen molar-refractivity contribution in [3.8, 4) is 6.07 Å². The van der Waals surface area contributed by atoms with Crippen molar-refractivity contribution < 1.29 is 0 Å². The van der Waals surface area contributed by atoms with Gasteiger partial charge in [0.05, 0.1) is 6.54 Å². The molecule has 0 fully saturated rings. The molecule has 1 aromatic heterocycles. The molecule has 16 heavy (non-hydrogen) atoms. The third-order valence-electron chi connectivity index (χ3n) is 2.64. The van der Waals surface area contributed by atoms with Crippen LogP contribution in [0.1, 0.15) is 17.0 Å². The summed E-state index contributed by atoms with van der Waals surface area (Å²) in [6.07, 6.45) is 3.42. The number of hydrogen-bond donors (Lipinski definition) is 1. The van der Waals surface area contributed by atoms with Crippen molar-refractivity contribution in [2.45, 2.75) is 13.5 Å². The number of nitriles is 1. The maximum absolute atomic E-state index is 8.85. The number of anilines is 1. The fraction of sp³-hybridized carbons (Fsp3) is 0.167. The Morgan fingerprint density at radius 3 is 3.06 bits per heavy atom. The van der Waals surface area contributed by atoms with E-state index in [-0.39, 0.29) is 0 Å². The predicted octanol–water partition coefficient (Wildman–Crippen LogP) is 1.69. The average Bonchev–Trinajstić information content (AvgIpc) is 2.72. The van der Waals surface area contributed by atoms with Crippen LogP contribution in [0.15, 0.2) is 30.6 Å². The fourth-order valence-electron chi connectivity index (χ4n) is 1.61. The number of rotatable bonds is 2. The monoisotopic (exact) mass is 212 g/mol. The molecule has 0 radical (unpaired) electrons. The Labute approximate surface area is 94.0 Å². The Morgan fingerprint density at radius 1 is 1.50 bits per heavy atom. The molecule has 0 atom stereocenters. The van der Waals surface area contributed by atoms with Gasteiger partial charge in [-0.2, -0.15) is 5.26 Å². The van der Waals surface area contributed by atoms with E-state index in [0.717, 1.165) is 16.8 Å². The highest BCUT2D eigenvalue weighted by molar-refractivity contribution is 5.50. The van der Waals surface area contributed by atoms with Gasteiger partial charge in [-0.15, -0.1) is 0 Å². The molecule has 0 spiro atoms. The lowest BCUT2D eigenvalue weighted by Crippen LogP contribution is -2.04. The number of nitrogens with two attached hydrogens (primary N) is 1. The molecule has 0 amide bonds. The van der Waals surface area contributed by atoms with E-state index in [9.17, 15) is 0 Å².